The molecule has 3 nitrogen and oxygen atoms in total. The van der Waals surface area contributed by atoms with Gasteiger partial charge in [-0.05, 0) is 30.9 Å². The monoisotopic (exact) mass is 261 g/mol. The second-order valence-corrected chi connectivity index (χ2v) is 5.04. The van der Waals surface area contributed by atoms with Crippen molar-refractivity contribution in [3.63, 3.8) is 0 Å². The van der Waals surface area contributed by atoms with Gasteiger partial charge in [-0.25, -0.2) is 4.98 Å². The third kappa shape index (κ3) is 3.29. The molecule has 0 unspecified atom stereocenters. The summed E-state index contributed by atoms with van der Waals surface area (Å²) in [5, 5.41) is 3.45. The van der Waals surface area contributed by atoms with E-state index in [2.05, 4.69) is 52.3 Å². The van der Waals surface area contributed by atoms with E-state index in [1.165, 1.54) is 10.6 Å². The Morgan fingerprint density at radius 2 is 2.28 bits per heavy atom. The molecule has 2 aromatic rings. The van der Waals surface area contributed by atoms with E-state index in [1.807, 2.05) is 12.5 Å². The minimum atomic E-state index is 0.817. The SMILES string of the molecule is CCCn1cncc1CNc1cccc(SC)c1. The van der Waals surface area contributed by atoms with Crippen LogP contribution in [-0.2, 0) is 13.1 Å². The van der Waals surface area contributed by atoms with Gasteiger partial charge in [-0.2, -0.15) is 0 Å². The zero-order valence-corrected chi connectivity index (χ0v) is 11.7. The van der Waals surface area contributed by atoms with E-state index < -0.39 is 0 Å². The highest BCUT2D eigenvalue weighted by molar-refractivity contribution is 7.98. The maximum absolute atomic E-state index is 4.21. The van der Waals surface area contributed by atoms with Gasteiger partial charge in [-0.3, -0.25) is 0 Å². The van der Waals surface area contributed by atoms with Crippen LogP contribution in [0.5, 0.6) is 0 Å². The van der Waals surface area contributed by atoms with Gasteiger partial charge in [0.25, 0.3) is 0 Å². The summed E-state index contributed by atoms with van der Waals surface area (Å²) in [4.78, 5) is 5.49. The van der Waals surface area contributed by atoms with Gasteiger partial charge < -0.3 is 9.88 Å². The lowest BCUT2D eigenvalue weighted by molar-refractivity contribution is 0.651. The molecule has 0 radical (unpaired) electrons. The minimum absolute atomic E-state index is 0.817. The lowest BCUT2D eigenvalue weighted by Gasteiger charge is -2.09. The average molecular weight is 261 g/mol. The normalized spacial score (nSPS) is 10.6. The van der Waals surface area contributed by atoms with Gasteiger partial charge in [0.2, 0.25) is 0 Å². The highest BCUT2D eigenvalue weighted by Gasteiger charge is 2.01. The molecule has 0 saturated heterocycles. The summed E-state index contributed by atoms with van der Waals surface area (Å²) < 4.78 is 2.20. The van der Waals surface area contributed by atoms with E-state index in [-0.39, 0.29) is 0 Å². The van der Waals surface area contributed by atoms with Crippen LogP contribution in [0.2, 0.25) is 0 Å². The summed E-state index contributed by atoms with van der Waals surface area (Å²) in [7, 11) is 0. The van der Waals surface area contributed by atoms with Crippen molar-refractivity contribution in [1.29, 1.82) is 0 Å². The smallest absolute Gasteiger partial charge is 0.0948 e. The number of thioether (sulfide) groups is 1. The zero-order valence-electron chi connectivity index (χ0n) is 10.9. The summed E-state index contributed by atoms with van der Waals surface area (Å²) >= 11 is 1.76. The lowest BCUT2D eigenvalue weighted by Crippen LogP contribution is -2.06. The third-order valence-electron chi connectivity index (χ3n) is 2.81. The van der Waals surface area contributed by atoms with Crippen LogP contribution >= 0.6 is 11.8 Å². The van der Waals surface area contributed by atoms with Crippen molar-refractivity contribution in [2.75, 3.05) is 11.6 Å². The molecule has 1 heterocycles. The molecule has 0 spiro atoms. The number of anilines is 1. The largest absolute Gasteiger partial charge is 0.379 e. The standard InChI is InChI=1S/C14H19N3S/c1-3-7-17-11-15-9-13(17)10-16-12-5-4-6-14(8-12)18-2/h4-6,8-9,11,16H,3,7,10H2,1-2H3. The Morgan fingerprint density at radius 1 is 1.39 bits per heavy atom. The fourth-order valence-corrected chi connectivity index (χ4v) is 2.32. The second-order valence-electron chi connectivity index (χ2n) is 4.16. The molecule has 1 N–H and O–H groups in total. The van der Waals surface area contributed by atoms with Crippen LogP contribution < -0.4 is 5.32 Å². The van der Waals surface area contributed by atoms with Crippen LogP contribution in [-0.4, -0.2) is 15.8 Å². The van der Waals surface area contributed by atoms with Crippen LogP contribution in [0.25, 0.3) is 0 Å². The van der Waals surface area contributed by atoms with Crippen molar-refractivity contribution < 1.29 is 0 Å². The Balaban J connectivity index is 1.99. The summed E-state index contributed by atoms with van der Waals surface area (Å²) in [5.41, 5.74) is 2.39. The number of benzene rings is 1. The molecule has 0 aliphatic rings. The Labute approximate surface area is 113 Å². The summed E-state index contributed by atoms with van der Waals surface area (Å²) in [6, 6.07) is 8.47. The Hall–Kier alpha value is -1.42. The number of nitrogens with one attached hydrogen (secondary N) is 1. The van der Waals surface area contributed by atoms with Crippen molar-refractivity contribution in [3.8, 4) is 0 Å². The van der Waals surface area contributed by atoms with Gasteiger partial charge in [0, 0.05) is 23.3 Å². The minimum Gasteiger partial charge on any atom is -0.379 e. The van der Waals surface area contributed by atoms with E-state index in [4.69, 9.17) is 0 Å². The Kier molecular flexibility index (Phi) is 4.70. The number of aromatic nitrogens is 2. The lowest BCUT2D eigenvalue weighted by atomic mass is 10.3. The average Bonchev–Trinajstić information content (AvgIpc) is 2.85. The third-order valence-corrected chi connectivity index (χ3v) is 3.53. The quantitative estimate of drug-likeness (QED) is 0.805. The van der Waals surface area contributed by atoms with Crippen molar-refractivity contribution in [2.45, 2.75) is 31.3 Å². The first-order valence-electron chi connectivity index (χ1n) is 6.20. The molecule has 0 aliphatic carbocycles. The Morgan fingerprint density at radius 3 is 3.06 bits per heavy atom. The molecule has 18 heavy (non-hydrogen) atoms. The number of nitrogens with zero attached hydrogens (tertiary/aromatic N) is 2. The topological polar surface area (TPSA) is 29.9 Å². The molecule has 0 saturated carbocycles. The van der Waals surface area contributed by atoms with Crippen LogP contribution in [0.1, 0.15) is 19.0 Å². The molecule has 96 valence electrons. The highest BCUT2D eigenvalue weighted by Crippen LogP contribution is 2.19. The van der Waals surface area contributed by atoms with Crippen LogP contribution in [0.3, 0.4) is 0 Å². The molecule has 0 amide bonds. The molecule has 1 aromatic heterocycles. The molecule has 4 heteroatoms. The molecule has 2 rings (SSSR count). The summed E-state index contributed by atoms with van der Waals surface area (Å²) in [6.07, 6.45) is 7.06. The Bertz CT molecular complexity index is 493. The highest BCUT2D eigenvalue weighted by atomic mass is 32.2. The molecular weight excluding hydrogens is 242 g/mol. The van der Waals surface area contributed by atoms with E-state index in [0.29, 0.717) is 0 Å². The van der Waals surface area contributed by atoms with Crippen LogP contribution in [0.4, 0.5) is 5.69 Å². The van der Waals surface area contributed by atoms with Gasteiger partial charge in [0.15, 0.2) is 0 Å². The second kappa shape index (κ2) is 6.50. The number of aryl methyl sites for hydroxylation is 1. The van der Waals surface area contributed by atoms with E-state index in [1.54, 1.807) is 11.8 Å². The van der Waals surface area contributed by atoms with Crippen LogP contribution in [0, 0.1) is 0 Å². The van der Waals surface area contributed by atoms with Gasteiger partial charge in [0.1, 0.15) is 0 Å². The predicted octanol–water partition coefficient (Wildman–Crippen LogP) is 3.63. The molecule has 0 bridgehead atoms. The summed E-state index contributed by atoms with van der Waals surface area (Å²) in [5.74, 6) is 0. The van der Waals surface area contributed by atoms with Crippen molar-refractivity contribution in [2.24, 2.45) is 0 Å². The van der Waals surface area contributed by atoms with E-state index in [9.17, 15) is 0 Å². The van der Waals surface area contributed by atoms with Crippen LogP contribution in [0.15, 0.2) is 41.7 Å². The van der Waals surface area contributed by atoms with Crippen molar-refractivity contribution in [3.05, 3.63) is 42.5 Å². The fourth-order valence-electron chi connectivity index (χ4n) is 1.86. The fraction of sp³-hybridized carbons (Fsp3) is 0.357. The van der Waals surface area contributed by atoms with Gasteiger partial charge in [-0.15, -0.1) is 11.8 Å². The number of hydrogen-bond acceptors (Lipinski definition) is 3. The predicted molar refractivity (Wildman–Crippen MR) is 78.1 cm³/mol. The molecular formula is C14H19N3S. The molecule has 0 fully saturated rings. The summed E-state index contributed by atoms with van der Waals surface area (Å²) in [6.45, 7) is 4.03. The van der Waals surface area contributed by atoms with Crippen molar-refractivity contribution >= 4 is 17.4 Å². The number of imidazole rings is 1. The first-order valence-corrected chi connectivity index (χ1v) is 7.43. The maximum atomic E-state index is 4.21. The van der Waals surface area contributed by atoms with E-state index in [0.717, 1.165) is 25.2 Å². The first-order chi connectivity index (χ1) is 8.83. The van der Waals surface area contributed by atoms with Gasteiger partial charge >= 0.3 is 0 Å². The van der Waals surface area contributed by atoms with E-state index >= 15 is 0 Å². The maximum Gasteiger partial charge on any atom is 0.0948 e. The molecule has 1 aromatic carbocycles. The van der Waals surface area contributed by atoms with Gasteiger partial charge in [0.05, 0.1) is 18.6 Å². The zero-order chi connectivity index (χ0) is 12.8. The van der Waals surface area contributed by atoms with Gasteiger partial charge in [-0.1, -0.05) is 13.0 Å². The molecule has 0 atom stereocenters. The first kappa shape index (κ1) is 13.0. The van der Waals surface area contributed by atoms with Crippen molar-refractivity contribution in [1.82, 2.24) is 9.55 Å². The number of hydrogen-bond donors (Lipinski definition) is 1. The number of rotatable bonds is 6. The molecule has 0 aliphatic heterocycles.